The zero-order valence-corrected chi connectivity index (χ0v) is 14.8. The first kappa shape index (κ1) is 18.0. The van der Waals surface area contributed by atoms with Crippen molar-refractivity contribution >= 4 is 15.7 Å². The van der Waals surface area contributed by atoms with Crippen LogP contribution in [0.4, 0.5) is 5.69 Å². The fraction of sp³-hybridized carbons (Fsp3) is 0.625. The van der Waals surface area contributed by atoms with Crippen molar-refractivity contribution in [2.45, 2.75) is 58.9 Å². The van der Waals surface area contributed by atoms with Gasteiger partial charge in [0.05, 0.1) is 4.90 Å². The van der Waals surface area contributed by atoms with Crippen LogP contribution in [0.25, 0.3) is 0 Å². The number of hydrogen-bond donors (Lipinski definition) is 2. The van der Waals surface area contributed by atoms with Crippen LogP contribution in [0.1, 0.15) is 45.2 Å². The molecule has 0 heterocycles. The number of rotatable bonds is 7. The minimum absolute atomic E-state index is 0.0674. The van der Waals surface area contributed by atoms with Crippen molar-refractivity contribution < 1.29 is 8.42 Å². The molecule has 120 valence electrons. The third-order valence-corrected chi connectivity index (χ3v) is 5.19. The normalized spacial score (nSPS) is 13.5. The second-order valence-electron chi connectivity index (χ2n) is 6.12. The maximum absolute atomic E-state index is 12.6. The highest BCUT2D eigenvalue weighted by Gasteiger charge is 2.22. The van der Waals surface area contributed by atoms with E-state index in [9.17, 15) is 8.42 Å². The van der Waals surface area contributed by atoms with E-state index in [1.165, 1.54) is 0 Å². The summed E-state index contributed by atoms with van der Waals surface area (Å²) in [6, 6.07) is 3.71. The fourth-order valence-electron chi connectivity index (χ4n) is 2.76. The molecule has 1 aromatic carbocycles. The number of anilines is 1. The predicted octanol–water partition coefficient (Wildman–Crippen LogP) is 3.45. The lowest BCUT2D eigenvalue weighted by molar-refractivity contribution is 0.482. The number of hydrogen-bond acceptors (Lipinski definition) is 3. The van der Waals surface area contributed by atoms with Gasteiger partial charge >= 0.3 is 0 Å². The zero-order chi connectivity index (χ0) is 16.2. The molecule has 0 bridgehead atoms. The van der Waals surface area contributed by atoms with Gasteiger partial charge in [-0.2, -0.15) is 0 Å². The van der Waals surface area contributed by atoms with E-state index in [0.29, 0.717) is 10.8 Å². The summed E-state index contributed by atoms with van der Waals surface area (Å²) in [5.41, 5.74) is 2.51. The molecule has 1 aromatic rings. The second-order valence-corrected chi connectivity index (χ2v) is 7.77. The lowest BCUT2D eigenvalue weighted by Crippen LogP contribution is -2.34. The topological polar surface area (TPSA) is 58.2 Å². The number of sulfonamides is 1. The van der Waals surface area contributed by atoms with Gasteiger partial charge in [-0.25, -0.2) is 13.1 Å². The van der Waals surface area contributed by atoms with Crippen LogP contribution in [0.5, 0.6) is 0 Å². The van der Waals surface area contributed by atoms with Gasteiger partial charge in [0.2, 0.25) is 10.0 Å². The Morgan fingerprint density at radius 3 is 2.05 bits per heavy atom. The molecule has 0 aliphatic carbocycles. The maximum Gasteiger partial charge on any atom is 0.241 e. The zero-order valence-electron chi connectivity index (χ0n) is 13.9. The van der Waals surface area contributed by atoms with Crippen LogP contribution in [0.15, 0.2) is 17.0 Å². The average molecular weight is 312 g/mol. The molecule has 0 aliphatic rings. The average Bonchev–Trinajstić information content (AvgIpc) is 2.24. The van der Waals surface area contributed by atoms with Crippen LogP contribution in [-0.2, 0) is 10.0 Å². The monoisotopic (exact) mass is 312 g/mol. The largest absolute Gasteiger partial charge is 0.385 e. The molecule has 1 atom stereocenters. The smallest absolute Gasteiger partial charge is 0.241 e. The van der Waals surface area contributed by atoms with Crippen molar-refractivity contribution in [3.63, 3.8) is 0 Å². The molecule has 0 radical (unpaired) electrons. The third-order valence-electron chi connectivity index (χ3n) is 3.29. The van der Waals surface area contributed by atoms with Crippen LogP contribution in [0.2, 0.25) is 0 Å². The Labute approximate surface area is 129 Å². The summed E-state index contributed by atoms with van der Waals surface area (Å²) in [4.78, 5) is 0.403. The Balaban J connectivity index is 3.08. The standard InChI is InChI=1S/C16H28N2O2S/c1-7-17-15-9-12(4)16(13(5)10-15)21(19,20)18-14(6)8-11(2)3/h9-11,14,17-18H,7-8H2,1-6H3. The van der Waals surface area contributed by atoms with Gasteiger partial charge in [-0.05, 0) is 63.3 Å². The SMILES string of the molecule is CCNc1cc(C)c(S(=O)(=O)NC(C)CC(C)C)c(C)c1. The van der Waals surface area contributed by atoms with E-state index in [1.807, 2.05) is 39.8 Å². The Bertz CT molecular complexity index is 557. The molecule has 0 fully saturated rings. The van der Waals surface area contributed by atoms with Gasteiger partial charge in [-0.1, -0.05) is 13.8 Å². The summed E-state index contributed by atoms with van der Waals surface area (Å²) in [6.45, 7) is 12.6. The van der Waals surface area contributed by atoms with E-state index in [1.54, 1.807) is 0 Å². The van der Waals surface area contributed by atoms with E-state index in [0.717, 1.165) is 29.8 Å². The molecule has 1 unspecified atom stereocenters. The first-order valence-corrected chi connectivity index (χ1v) is 9.03. The number of nitrogens with one attached hydrogen (secondary N) is 2. The van der Waals surface area contributed by atoms with Gasteiger partial charge in [0, 0.05) is 18.3 Å². The van der Waals surface area contributed by atoms with Crippen LogP contribution >= 0.6 is 0 Å². The van der Waals surface area contributed by atoms with Crippen LogP contribution in [0.3, 0.4) is 0 Å². The van der Waals surface area contributed by atoms with Crippen molar-refractivity contribution in [3.05, 3.63) is 23.3 Å². The van der Waals surface area contributed by atoms with Crippen molar-refractivity contribution in [1.82, 2.24) is 4.72 Å². The van der Waals surface area contributed by atoms with Crippen LogP contribution in [-0.4, -0.2) is 21.0 Å². The fourth-order valence-corrected chi connectivity index (χ4v) is 4.47. The Morgan fingerprint density at radius 1 is 1.10 bits per heavy atom. The first-order valence-electron chi connectivity index (χ1n) is 7.54. The quantitative estimate of drug-likeness (QED) is 0.811. The molecule has 0 amide bonds. The highest BCUT2D eigenvalue weighted by molar-refractivity contribution is 7.89. The molecule has 0 saturated heterocycles. The maximum atomic E-state index is 12.6. The van der Waals surface area contributed by atoms with Crippen molar-refractivity contribution in [1.29, 1.82) is 0 Å². The van der Waals surface area contributed by atoms with Gasteiger partial charge in [0.15, 0.2) is 0 Å². The Morgan fingerprint density at radius 2 is 1.62 bits per heavy atom. The molecule has 21 heavy (non-hydrogen) atoms. The van der Waals surface area contributed by atoms with Crippen molar-refractivity contribution in [2.75, 3.05) is 11.9 Å². The molecular weight excluding hydrogens is 284 g/mol. The summed E-state index contributed by atoms with van der Waals surface area (Å²) in [5.74, 6) is 0.459. The third kappa shape index (κ3) is 5.00. The minimum atomic E-state index is -3.48. The first-order chi connectivity index (χ1) is 9.67. The minimum Gasteiger partial charge on any atom is -0.385 e. The Hall–Kier alpha value is -1.07. The number of benzene rings is 1. The van der Waals surface area contributed by atoms with Crippen molar-refractivity contribution in [2.24, 2.45) is 5.92 Å². The summed E-state index contributed by atoms with van der Waals surface area (Å²) in [7, 11) is -3.48. The molecule has 1 rings (SSSR count). The highest BCUT2D eigenvalue weighted by Crippen LogP contribution is 2.25. The molecule has 0 spiro atoms. The summed E-state index contributed by atoms with van der Waals surface area (Å²) in [5, 5.41) is 3.22. The van der Waals surface area contributed by atoms with E-state index in [-0.39, 0.29) is 6.04 Å². The van der Waals surface area contributed by atoms with Gasteiger partial charge in [-0.3, -0.25) is 0 Å². The van der Waals surface area contributed by atoms with Crippen molar-refractivity contribution in [3.8, 4) is 0 Å². The van der Waals surface area contributed by atoms with Gasteiger partial charge in [0.25, 0.3) is 0 Å². The molecule has 0 saturated carbocycles. The van der Waals surface area contributed by atoms with Crippen LogP contribution < -0.4 is 10.0 Å². The van der Waals surface area contributed by atoms with Gasteiger partial charge < -0.3 is 5.32 Å². The lowest BCUT2D eigenvalue weighted by Gasteiger charge is -2.19. The molecule has 2 N–H and O–H groups in total. The van der Waals surface area contributed by atoms with Gasteiger partial charge in [0.1, 0.15) is 0 Å². The molecule has 5 heteroatoms. The predicted molar refractivity (Wildman–Crippen MR) is 89.3 cm³/mol. The molecular formula is C16H28N2O2S. The number of aryl methyl sites for hydroxylation is 2. The van der Waals surface area contributed by atoms with Crippen LogP contribution in [0, 0.1) is 19.8 Å². The Kier molecular flexibility index (Phi) is 6.23. The summed E-state index contributed by atoms with van der Waals surface area (Å²) < 4.78 is 28.0. The van der Waals surface area contributed by atoms with E-state index < -0.39 is 10.0 Å². The molecule has 0 aromatic heterocycles. The lowest BCUT2D eigenvalue weighted by atomic mass is 10.1. The summed E-state index contributed by atoms with van der Waals surface area (Å²) in [6.07, 6.45) is 0.826. The van der Waals surface area contributed by atoms with E-state index >= 15 is 0 Å². The molecule has 4 nitrogen and oxygen atoms in total. The highest BCUT2D eigenvalue weighted by atomic mass is 32.2. The summed E-state index contributed by atoms with van der Waals surface area (Å²) >= 11 is 0. The van der Waals surface area contributed by atoms with E-state index in [2.05, 4.69) is 23.9 Å². The van der Waals surface area contributed by atoms with E-state index in [4.69, 9.17) is 0 Å². The molecule has 0 aliphatic heterocycles. The van der Waals surface area contributed by atoms with Gasteiger partial charge in [-0.15, -0.1) is 0 Å². The second kappa shape index (κ2) is 7.27.